The molecule has 1 heterocycles. The number of para-hydroxylation sites is 1. The van der Waals surface area contributed by atoms with Crippen LogP contribution >= 0.6 is 11.6 Å². The van der Waals surface area contributed by atoms with E-state index in [0.29, 0.717) is 0 Å². The van der Waals surface area contributed by atoms with Crippen LogP contribution in [0.25, 0.3) is 0 Å². The first-order valence-electron chi connectivity index (χ1n) is 5.57. The van der Waals surface area contributed by atoms with Gasteiger partial charge in [-0.15, -0.1) is 0 Å². The van der Waals surface area contributed by atoms with Crippen LogP contribution in [-0.4, -0.2) is 18.1 Å². The molecule has 0 aliphatic carbocycles. The van der Waals surface area contributed by atoms with Crippen LogP contribution < -0.4 is 11.1 Å². The molecular formula is C13H11ClFN3O2. The van der Waals surface area contributed by atoms with Gasteiger partial charge in [-0.2, -0.15) is 0 Å². The van der Waals surface area contributed by atoms with Crippen LogP contribution in [0, 0.1) is 5.82 Å². The number of rotatable bonds is 3. The molecule has 0 bridgehead atoms. The molecule has 0 atom stereocenters. The molecule has 1 aromatic heterocycles. The molecule has 1 aromatic carbocycles. The van der Waals surface area contributed by atoms with Crippen LogP contribution in [0.5, 0.6) is 0 Å². The van der Waals surface area contributed by atoms with Crippen LogP contribution in [0.15, 0.2) is 30.5 Å². The number of nitrogen functional groups attached to an aromatic ring is 1. The summed E-state index contributed by atoms with van der Waals surface area (Å²) >= 11 is 5.89. The fourth-order valence-corrected chi connectivity index (χ4v) is 1.78. The number of aromatic nitrogens is 1. The molecule has 0 fully saturated rings. The maximum Gasteiger partial charge on any atom is 0.340 e. The average Bonchev–Trinajstić information content (AvgIpc) is 2.44. The summed E-state index contributed by atoms with van der Waals surface area (Å²) in [5.41, 5.74) is 6.00. The van der Waals surface area contributed by atoms with Crippen molar-refractivity contribution >= 4 is 34.8 Å². The molecule has 3 N–H and O–H groups in total. The van der Waals surface area contributed by atoms with Crippen molar-refractivity contribution in [2.45, 2.75) is 0 Å². The predicted molar refractivity (Wildman–Crippen MR) is 74.7 cm³/mol. The molecule has 2 aromatic rings. The number of nitrogens with zero attached hydrogens (tertiary/aromatic N) is 1. The minimum Gasteiger partial charge on any atom is -0.465 e. The van der Waals surface area contributed by atoms with Crippen molar-refractivity contribution in [2.75, 3.05) is 18.2 Å². The first kappa shape index (κ1) is 14.1. The van der Waals surface area contributed by atoms with E-state index in [-0.39, 0.29) is 27.8 Å². The molecule has 7 heteroatoms. The summed E-state index contributed by atoms with van der Waals surface area (Å²) < 4.78 is 18.2. The van der Waals surface area contributed by atoms with Crippen LogP contribution in [0.3, 0.4) is 0 Å². The molecule has 0 spiro atoms. The third-order valence-electron chi connectivity index (χ3n) is 2.56. The normalized spacial score (nSPS) is 10.2. The van der Waals surface area contributed by atoms with Gasteiger partial charge in [0.25, 0.3) is 0 Å². The van der Waals surface area contributed by atoms with Gasteiger partial charge in [0.1, 0.15) is 11.6 Å². The van der Waals surface area contributed by atoms with Crippen molar-refractivity contribution in [3.05, 3.63) is 46.9 Å². The number of nitrogens with two attached hydrogens (primary N) is 1. The number of ether oxygens (including phenoxy) is 1. The maximum absolute atomic E-state index is 13.6. The highest BCUT2D eigenvalue weighted by Crippen LogP contribution is 2.28. The molecule has 2 rings (SSSR count). The van der Waals surface area contributed by atoms with Gasteiger partial charge in [-0.3, -0.25) is 0 Å². The fraction of sp³-hybridized carbons (Fsp3) is 0.0769. The van der Waals surface area contributed by atoms with Gasteiger partial charge in [0, 0.05) is 0 Å². The van der Waals surface area contributed by atoms with E-state index in [1.807, 2.05) is 0 Å². The largest absolute Gasteiger partial charge is 0.465 e. The lowest BCUT2D eigenvalue weighted by Gasteiger charge is -2.10. The Labute approximate surface area is 119 Å². The minimum absolute atomic E-state index is 0.0715. The van der Waals surface area contributed by atoms with Crippen molar-refractivity contribution in [3.8, 4) is 0 Å². The number of halogens is 2. The van der Waals surface area contributed by atoms with Gasteiger partial charge in [0.15, 0.2) is 0 Å². The number of carbonyl (C=O) groups excluding carboxylic acids is 1. The van der Waals surface area contributed by atoms with Crippen molar-refractivity contribution in [2.24, 2.45) is 0 Å². The van der Waals surface area contributed by atoms with Crippen LogP contribution in [0.2, 0.25) is 5.02 Å². The van der Waals surface area contributed by atoms with Gasteiger partial charge in [-0.25, -0.2) is 14.2 Å². The molecule has 0 saturated heterocycles. The van der Waals surface area contributed by atoms with Crippen LogP contribution in [0.4, 0.5) is 21.6 Å². The number of carbonyl (C=O) groups is 1. The summed E-state index contributed by atoms with van der Waals surface area (Å²) in [5, 5.41) is 2.90. The number of hydrogen-bond donors (Lipinski definition) is 2. The first-order chi connectivity index (χ1) is 9.52. The Hall–Kier alpha value is -2.34. The number of esters is 1. The Morgan fingerprint density at radius 1 is 1.50 bits per heavy atom. The summed E-state index contributed by atoms with van der Waals surface area (Å²) in [6, 6.07) is 5.64. The predicted octanol–water partition coefficient (Wildman–Crippen LogP) is 2.99. The third kappa shape index (κ3) is 2.80. The van der Waals surface area contributed by atoms with Gasteiger partial charge in [0.2, 0.25) is 0 Å². The van der Waals surface area contributed by atoms with Gasteiger partial charge in [0.05, 0.1) is 35.3 Å². The van der Waals surface area contributed by atoms with E-state index in [9.17, 15) is 9.18 Å². The molecule has 0 radical (unpaired) electrons. The number of benzene rings is 1. The fourth-order valence-electron chi connectivity index (χ4n) is 1.57. The molecule has 0 unspecified atom stereocenters. The van der Waals surface area contributed by atoms with Crippen molar-refractivity contribution in [3.63, 3.8) is 0 Å². The van der Waals surface area contributed by atoms with Crippen molar-refractivity contribution in [1.82, 2.24) is 4.98 Å². The Morgan fingerprint density at radius 3 is 2.90 bits per heavy atom. The lowest BCUT2D eigenvalue weighted by atomic mass is 10.2. The Bertz CT molecular complexity index is 644. The molecule has 20 heavy (non-hydrogen) atoms. The number of hydrogen-bond acceptors (Lipinski definition) is 5. The average molecular weight is 296 g/mol. The number of pyridine rings is 1. The standard InChI is InChI=1S/C13H11ClFN3O2/c1-20-13(19)7-5-11(17-6-10(7)16)18-12-8(14)3-2-4-9(12)15/h2-6H,16H2,1H3,(H,17,18). The number of nitrogens with one attached hydrogen (secondary N) is 1. The quantitative estimate of drug-likeness (QED) is 0.851. The zero-order chi connectivity index (χ0) is 14.7. The lowest BCUT2D eigenvalue weighted by Crippen LogP contribution is -2.08. The van der Waals surface area contributed by atoms with Crippen molar-refractivity contribution in [1.29, 1.82) is 0 Å². The Kier molecular flexibility index (Phi) is 4.05. The molecule has 0 aliphatic heterocycles. The molecule has 104 valence electrons. The lowest BCUT2D eigenvalue weighted by molar-refractivity contribution is 0.0602. The van der Waals surface area contributed by atoms with Gasteiger partial charge in [-0.1, -0.05) is 17.7 Å². The topological polar surface area (TPSA) is 77.2 Å². The zero-order valence-corrected chi connectivity index (χ0v) is 11.2. The number of methoxy groups -OCH3 is 1. The molecule has 0 saturated carbocycles. The summed E-state index contributed by atoms with van der Waals surface area (Å²) in [5.74, 6) is -0.907. The maximum atomic E-state index is 13.6. The zero-order valence-electron chi connectivity index (χ0n) is 10.5. The smallest absolute Gasteiger partial charge is 0.340 e. The SMILES string of the molecule is COC(=O)c1cc(Nc2c(F)cccc2Cl)ncc1N. The number of anilines is 3. The van der Waals surface area contributed by atoms with Gasteiger partial charge < -0.3 is 15.8 Å². The van der Waals surface area contributed by atoms with E-state index >= 15 is 0 Å². The minimum atomic E-state index is -0.604. The van der Waals surface area contributed by atoms with Crippen LogP contribution in [0.1, 0.15) is 10.4 Å². The molecule has 0 amide bonds. The highest BCUT2D eigenvalue weighted by Gasteiger charge is 2.13. The second-order valence-electron chi connectivity index (χ2n) is 3.87. The van der Waals surface area contributed by atoms with Gasteiger partial charge in [-0.05, 0) is 18.2 Å². The van der Waals surface area contributed by atoms with E-state index < -0.39 is 11.8 Å². The summed E-state index contributed by atoms with van der Waals surface area (Å²) in [6.45, 7) is 0. The molecule has 5 nitrogen and oxygen atoms in total. The summed E-state index contributed by atoms with van der Waals surface area (Å²) in [6.07, 6.45) is 1.28. The monoisotopic (exact) mass is 295 g/mol. The van der Waals surface area contributed by atoms with E-state index in [1.165, 1.54) is 37.6 Å². The highest BCUT2D eigenvalue weighted by atomic mass is 35.5. The van der Waals surface area contributed by atoms with E-state index in [0.717, 1.165) is 0 Å². The Balaban J connectivity index is 2.37. The summed E-state index contributed by atoms with van der Waals surface area (Å²) in [4.78, 5) is 15.5. The third-order valence-corrected chi connectivity index (χ3v) is 2.87. The molecule has 0 aliphatic rings. The highest BCUT2D eigenvalue weighted by molar-refractivity contribution is 6.33. The Morgan fingerprint density at radius 2 is 2.25 bits per heavy atom. The van der Waals surface area contributed by atoms with E-state index in [2.05, 4.69) is 15.0 Å². The van der Waals surface area contributed by atoms with Crippen molar-refractivity contribution < 1.29 is 13.9 Å². The van der Waals surface area contributed by atoms with Gasteiger partial charge >= 0.3 is 5.97 Å². The first-order valence-corrected chi connectivity index (χ1v) is 5.95. The van der Waals surface area contributed by atoms with E-state index in [4.69, 9.17) is 17.3 Å². The second kappa shape index (κ2) is 5.75. The van der Waals surface area contributed by atoms with E-state index in [1.54, 1.807) is 0 Å². The second-order valence-corrected chi connectivity index (χ2v) is 4.28. The molecular weight excluding hydrogens is 285 g/mol. The summed E-state index contributed by atoms with van der Waals surface area (Å²) in [7, 11) is 1.24. The van der Waals surface area contributed by atoms with Crippen LogP contribution in [-0.2, 0) is 4.74 Å².